The number of nitrogens with one attached hydrogen (secondary N) is 1. The van der Waals surface area contributed by atoms with Crippen molar-refractivity contribution in [2.45, 2.75) is 25.8 Å². The Morgan fingerprint density at radius 2 is 2.04 bits per heavy atom. The maximum Gasteiger partial charge on any atom is 0.258 e. The number of amides is 1. The van der Waals surface area contributed by atoms with Gasteiger partial charge in [-0.1, -0.05) is 17.7 Å². The van der Waals surface area contributed by atoms with Gasteiger partial charge >= 0.3 is 0 Å². The van der Waals surface area contributed by atoms with Crippen LogP contribution in [0.4, 0.5) is 11.4 Å². The zero-order valence-corrected chi connectivity index (χ0v) is 17.0. The second kappa shape index (κ2) is 7.48. The van der Waals surface area contributed by atoms with Gasteiger partial charge in [0.25, 0.3) is 5.91 Å². The molecule has 140 valence electrons. The highest BCUT2D eigenvalue weighted by Gasteiger charge is 2.49. The van der Waals surface area contributed by atoms with Crippen LogP contribution >= 0.6 is 23.8 Å². The topological polar surface area (TPSA) is 74.1 Å². The Morgan fingerprint density at radius 1 is 1.38 bits per heavy atom. The third kappa shape index (κ3) is 3.83. The fourth-order valence-electron chi connectivity index (χ4n) is 2.68. The molecule has 1 aliphatic rings. The monoisotopic (exact) mass is 414 g/mol. The van der Waals surface area contributed by atoms with Gasteiger partial charge in [-0.25, -0.2) is 18.0 Å². The van der Waals surface area contributed by atoms with Gasteiger partial charge in [-0.15, -0.1) is 0 Å². The summed E-state index contributed by atoms with van der Waals surface area (Å²) in [5, 5.41) is 0.526. The summed E-state index contributed by atoms with van der Waals surface area (Å²) in [6.07, 6.45) is 0.325. The number of thiocarbonyl (C=S) groups is 1. The van der Waals surface area contributed by atoms with Crippen molar-refractivity contribution in [2.75, 3.05) is 24.2 Å². The molecule has 1 aliphatic heterocycles. The molecular formula is C16H19ClN4O3S2. The maximum absolute atomic E-state index is 12.9. The Labute approximate surface area is 163 Å². The number of benzene rings is 1. The van der Waals surface area contributed by atoms with E-state index in [2.05, 4.69) is 9.57 Å². The fraction of sp³-hybridized carbons (Fsp3) is 0.438. The fourth-order valence-corrected chi connectivity index (χ4v) is 4.12. The molecule has 0 atom stereocenters. The molecular weight excluding hydrogens is 396 g/mol. The lowest BCUT2D eigenvalue weighted by atomic mass is 10.0. The molecule has 0 bridgehead atoms. The van der Waals surface area contributed by atoms with Gasteiger partial charge in [-0.05, 0) is 51.7 Å². The van der Waals surface area contributed by atoms with Gasteiger partial charge < -0.3 is 4.90 Å². The number of nitrogens with zero attached hydrogens (tertiary/aromatic N) is 3. The van der Waals surface area contributed by atoms with Gasteiger partial charge in [-0.2, -0.15) is 0 Å². The summed E-state index contributed by atoms with van der Waals surface area (Å²) in [5.41, 5.74) is -0.136. The van der Waals surface area contributed by atoms with Crippen molar-refractivity contribution in [3.05, 3.63) is 34.6 Å². The Balaban J connectivity index is 2.26. The van der Waals surface area contributed by atoms with E-state index in [4.69, 9.17) is 30.4 Å². The van der Waals surface area contributed by atoms with Crippen molar-refractivity contribution >= 4 is 56.2 Å². The molecule has 0 unspecified atom stereocenters. The highest BCUT2D eigenvalue weighted by molar-refractivity contribution is 7.89. The van der Waals surface area contributed by atoms with Crippen molar-refractivity contribution in [2.24, 2.45) is 0 Å². The van der Waals surface area contributed by atoms with E-state index in [0.717, 1.165) is 0 Å². The van der Waals surface area contributed by atoms with Crippen LogP contribution in [0.1, 0.15) is 20.3 Å². The van der Waals surface area contributed by atoms with Gasteiger partial charge in [0, 0.05) is 11.6 Å². The summed E-state index contributed by atoms with van der Waals surface area (Å²) in [6.45, 7) is 10.9. The van der Waals surface area contributed by atoms with Crippen LogP contribution in [0.25, 0.3) is 4.85 Å². The quantitative estimate of drug-likeness (QED) is 0.572. The second-order valence-electron chi connectivity index (χ2n) is 6.26. The van der Waals surface area contributed by atoms with Crippen LogP contribution in [0.5, 0.6) is 0 Å². The van der Waals surface area contributed by atoms with Crippen molar-refractivity contribution in [3.63, 3.8) is 0 Å². The smallest absolute Gasteiger partial charge is 0.258 e. The first-order chi connectivity index (χ1) is 12.0. The normalized spacial score (nSPS) is 16.9. The predicted molar refractivity (Wildman–Crippen MR) is 106 cm³/mol. The molecule has 26 heavy (non-hydrogen) atoms. The van der Waals surface area contributed by atoms with Crippen LogP contribution in [0, 0.1) is 6.57 Å². The van der Waals surface area contributed by atoms with E-state index in [9.17, 15) is 13.2 Å². The Bertz CT molecular complexity index is 893. The molecule has 1 aromatic carbocycles. The zero-order chi connectivity index (χ0) is 19.7. The van der Waals surface area contributed by atoms with E-state index in [-0.39, 0.29) is 21.8 Å². The number of hydrogen-bond acceptors (Lipinski definition) is 4. The summed E-state index contributed by atoms with van der Waals surface area (Å²) in [6, 6.07) is 4.69. The van der Waals surface area contributed by atoms with E-state index in [1.54, 1.807) is 24.8 Å². The molecule has 10 heteroatoms. The van der Waals surface area contributed by atoms with Gasteiger partial charge in [0.05, 0.1) is 18.0 Å². The molecule has 1 N–H and O–H groups in total. The zero-order valence-electron chi connectivity index (χ0n) is 14.6. The van der Waals surface area contributed by atoms with Gasteiger partial charge in [0.2, 0.25) is 15.7 Å². The molecule has 1 aromatic rings. The lowest BCUT2D eigenvalue weighted by Crippen LogP contribution is -2.45. The molecule has 7 nitrogen and oxygen atoms in total. The summed E-state index contributed by atoms with van der Waals surface area (Å²) in [4.78, 5) is 19.3. The third-order valence-corrected chi connectivity index (χ3v) is 6.39. The van der Waals surface area contributed by atoms with Crippen LogP contribution in [0.2, 0.25) is 5.02 Å². The molecule has 1 amide bonds. The molecule has 0 spiro atoms. The first-order valence-electron chi connectivity index (χ1n) is 7.79. The average molecular weight is 415 g/mol. The van der Waals surface area contributed by atoms with E-state index < -0.39 is 15.6 Å². The number of carbonyl (C=O) groups is 1. The number of hydrogen-bond donors (Lipinski definition) is 1. The van der Waals surface area contributed by atoms with Gasteiger partial charge in [-0.3, -0.25) is 9.69 Å². The second-order valence-corrected chi connectivity index (χ2v) is 9.08. The Hall–Kier alpha value is -1.73. The number of carbonyl (C=O) groups excluding carboxylic acids is 1. The predicted octanol–water partition coefficient (Wildman–Crippen LogP) is 2.54. The average Bonchev–Trinajstić information content (AvgIpc) is 2.74. The van der Waals surface area contributed by atoms with Crippen LogP contribution in [-0.2, 0) is 14.8 Å². The summed E-state index contributed by atoms with van der Waals surface area (Å²) < 4.78 is 25.4. The lowest BCUT2D eigenvalue weighted by Gasteiger charge is -2.29. The van der Waals surface area contributed by atoms with Crippen molar-refractivity contribution in [1.82, 2.24) is 9.62 Å². The van der Waals surface area contributed by atoms with E-state index in [1.165, 1.54) is 24.1 Å². The molecule has 1 saturated heterocycles. The first kappa shape index (κ1) is 20.6. The molecule has 0 aliphatic carbocycles. The van der Waals surface area contributed by atoms with Gasteiger partial charge in [0.15, 0.2) is 5.11 Å². The van der Waals surface area contributed by atoms with E-state index in [0.29, 0.717) is 24.3 Å². The molecule has 2 rings (SSSR count). The summed E-state index contributed by atoms with van der Waals surface area (Å²) in [7, 11) is -1.96. The Kier molecular flexibility index (Phi) is 5.92. The van der Waals surface area contributed by atoms with E-state index >= 15 is 0 Å². The van der Waals surface area contributed by atoms with Crippen LogP contribution in [0.3, 0.4) is 0 Å². The SMILES string of the molecule is [C-]#[N+]c1ccc(N2C(=O)C(C)(C)N(CCCS(=O)(=O)NC)C2=S)cc1Cl. The third-order valence-electron chi connectivity index (χ3n) is 4.24. The molecule has 1 fully saturated rings. The van der Waals surface area contributed by atoms with E-state index in [1.807, 2.05) is 0 Å². The molecule has 0 saturated carbocycles. The standard InChI is InChI=1S/C16H19ClN4O3S2/c1-16(2)14(22)21(11-6-7-13(18-3)12(17)10-11)15(25)20(16)8-5-9-26(23,24)19-4/h6-7,10,19H,5,8-9H2,1-2,4H3. The largest absolute Gasteiger partial charge is 0.334 e. The number of halogens is 1. The summed E-state index contributed by atoms with van der Waals surface area (Å²) in [5.74, 6) is -0.288. The minimum atomic E-state index is -3.32. The van der Waals surface area contributed by atoms with Crippen molar-refractivity contribution in [3.8, 4) is 0 Å². The minimum absolute atomic E-state index is 0.0571. The maximum atomic E-state index is 12.9. The molecule has 0 radical (unpaired) electrons. The highest BCUT2D eigenvalue weighted by Crippen LogP contribution is 2.36. The lowest BCUT2D eigenvalue weighted by molar-refractivity contribution is -0.123. The minimum Gasteiger partial charge on any atom is -0.334 e. The summed E-state index contributed by atoms with van der Waals surface area (Å²) >= 11 is 11.6. The molecule has 0 aromatic heterocycles. The number of sulfonamides is 1. The number of rotatable bonds is 6. The van der Waals surface area contributed by atoms with Crippen LogP contribution < -0.4 is 9.62 Å². The number of anilines is 1. The highest BCUT2D eigenvalue weighted by atomic mass is 35.5. The van der Waals surface area contributed by atoms with Crippen molar-refractivity contribution in [1.29, 1.82) is 0 Å². The van der Waals surface area contributed by atoms with Crippen molar-refractivity contribution < 1.29 is 13.2 Å². The van der Waals surface area contributed by atoms with Gasteiger partial charge in [0.1, 0.15) is 5.54 Å². The van der Waals surface area contributed by atoms with Crippen LogP contribution in [-0.4, -0.2) is 49.2 Å². The molecule has 1 heterocycles. The Morgan fingerprint density at radius 3 is 2.58 bits per heavy atom. The van der Waals surface area contributed by atoms with Crippen LogP contribution in [0.15, 0.2) is 18.2 Å². The first-order valence-corrected chi connectivity index (χ1v) is 10.2.